The summed E-state index contributed by atoms with van der Waals surface area (Å²) in [6.45, 7) is 2.07. The van der Waals surface area contributed by atoms with Crippen molar-refractivity contribution in [3.63, 3.8) is 0 Å². The molecule has 0 amide bonds. The number of rotatable bonds is 3. The van der Waals surface area contributed by atoms with Crippen molar-refractivity contribution in [1.82, 2.24) is 9.97 Å². The van der Waals surface area contributed by atoms with Crippen molar-refractivity contribution in [1.29, 1.82) is 0 Å². The van der Waals surface area contributed by atoms with Crippen LogP contribution in [0.3, 0.4) is 0 Å². The summed E-state index contributed by atoms with van der Waals surface area (Å²) in [5.41, 5.74) is 4.10. The zero-order valence-corrected chi connectivity index (χ0v) is 11.0. The molecular weight excluding hydrogens is 246 g/mol. The zero-order valence-electron chi connectivity index (χ0n) is 10.2. The highest BCUT2D eigenvalue weighted by atomic mass is 32.1. The van der Waals surface area contributed by atoms with Crippen molar-refractivity contribution >= 4 is 34.0 Å². The Morgan fingerprint density at radius 2 is 2.22 bits per heavy atom. The number of aromatic amines is 1. The normalized spacial score (nSPS) is 10.8. The molecule has 0 saturated carbocycles. The SMILES string of the molecule is COc1cccc2[nH]c(Nc3cscc3C)nc12. The summed E-state index contributed by atoms with van der Waals surface area (Å²) in [7, 11) is 1.65. The van der Waals surface area contributed by atoms with Gasteiger partial charge >= 0.3 is 0 Å². The average molecular weight is 259 g/mol. The van der Waals surface area contributed by atoms with Crippen LogP contribution in [0.5, 0.6) is 5.75 Å². The van der Waals surface area contributed by atoms with Gasteiger partial charge in [0.1, 0.15) is 11.3 Å². The number of imidazole rings is 1. The predicted molar refractivity (Wildman–Crippen MR) is 75.0 cm³/mol. The zero-order chi connectivity index (χ0) is 12.5. The third-order valence-corrected chi connectivity index (χ3v) is 3.67. The predicted octanol–water partition coefficient (Wildman–Crippen LogP) is 3.69. The maximum atomic E-state index is 5.29. The van der Waals surface area contributed by atoms with Crippen LogP contribution in [-0.4, -0.2) is 17.1 Å². The molecule has 4 nitrogen and oxygen atoms in total. The van der Waals surface area contributed by atoms with Crippen LogP contribution in [-0.2, 0) is 0 Å². The van der Waals surface area contributed by atoms with Crippen LogP contribution in [0.4, 0.5) is 11.6 Å². The van der Waals surface area contributed by atoms with Crippen LogP contribution in [0.25, 0.3) is 11.0 Å². The summed E-state index contributed by atoms with van der Waals surface area (Å²) in [5, 5.41) is 7.45. The van der Waals surface area contributed by atoms with E-state index in [1.54, 1.807) is 18.4 Å². The lowest BCUT2D eigenvalue weighted by molar-refractivity contribution is 0.419. The van der Waals surface area contributed by atoms with Crippen molar-refractivity contribution < 1.29 is 4.74 Å². The van der Waals surface area contributed by atoms with E-state index in [0.717, 1.165) is 28.4 Å². The van der Waals surface area contributed by atoms with Gasteiger partial charge in [-0.2, -0.15) is 0 Å². The van der Waals surface area contributed by atoms with Gasteiger partial charge in [-0.3, -0.25) is 0 Å². The van der Waals surface area contributed by atoms with Crippen molar-refractivity contribution in [2.24, 2.45) is 0 Å². The second-order valence-corrected chi connectivity index (χ2v) is 4.78. The van der Waals surface area contributed by atoms with E-state index >= 15 is 0 Å². The lowest BCUT2D eigenvalue weighted by atomic mass is 10.3. The van der Waals surface area contributed by atoms with E-state index in [9.17, 15) is 0 Å². The second-order valence-electron chi connectivity index (χ2n) is 4.04. The first-order chi connectivity index (χ1) is 8.78. The third-order valence-electron chi connectivity index (χ3n) is 2.80. The molecule has 0 aliphatic rings. The molecule has 1 aromatic carbocycles. The summed E-state index contributed by atoms with van der Waals surface area (Å²) in [6.07, 6.45) is 0. The second kappa shape index (κ2) is 4.34. The standard InChI is InChI=1S/C13H13N3OS/c1-8-6-18-7-10(8)15-13-14-9-4-3-5-11(17-2)12(9)16-13/h3-7H,1-2H3,(H2,14,15,16). The van der Waals surface area contributed by atoms with E-state index in [-0.39, 0.29) is 0 Å². The monoisotopic (exact) mass is 259 g/mol. The van der Waals surface area contributed by atoms with Gasteiger partial charge in [0.25, 0.3) is 0 Å². The van der Waals surface area contributed by atoms with Crippen molar-refractivity contribution in [2.45, 2.75) is 6.92 Å². The first-order valence-corrected chi connectivity index (χ1v) is 6.55. The molecule has 5 heteroatoms. The van der Waals surface area contributed by atoms with E-state index in [4.69, 9.17) is 4.74 Å². The lowest BCUT2D eigenvalue weighted by Gasteiger charge is -2.00. The van der Waals surface area contributed by atoms with Gasteiger partial charge in [-0.25, -0.2) is 4.98 Å². The number of para-hydroxylation sites is 1. The van der Waals surface area contributed by atoms with Gasteiger partial charge in [-0.1, -0.05) is 6.07 Å². The van der Waals surface area contributed by atoms with Gasteiger partial charge < -0.3 is 15.0 Å². The number of aromatic nitrogens is 2. The summed E-state index contributed by atoms with van der Waals surface area (Å²) >= 11 is 1.67. The Balaban J connectivity index is 2.01. The first-order valence-electron chi connectivity index (χ1n) is 5.60. The van der Waals surface area contributed by atoms with Gasteiger partial charge in [-0.15, -0.1) is 11.3 Å². The van der Waals surface area contributed by atoms with E-state index in [1.165, 1.54) is 5.56 Å². The highest BCUT2D eigenvalue weighted by Gasteiger charge is 2.08. The molecule has 0 bridgehead atoms. The quantitative estimate of drug-likeness (QED) is 0.754. The summed E-state index contributed by atoms with van der Waals surface area (Å²) < 4.78 is 5.29. The summed E-state index contributed by atoms with van der Waals surface area (Å²) in [4.78, 5) is 7.75. The van der Waals surface area contributed by atoms with E-state index in [0.29, 0.717) is 0 Å². The average Bonchev–Trinajstić information content (AvgIpc) is 2.95. The largest absolute Gasteiger partial charge is 0.494 e. The minimum absolute atomic E-state index is 0.732. The molecule has 0 aliphatic heterocycles. The van der Waals surface area contributed by atoms with Crippen LogP contribution in [0.1, 0.15) is 5.56 Å². The molecule has 3 rings (SSSR count). The number of nitrogens with zero attached hydrogens (tertiary/aromatic N) is 1. The van der Waals surface area contributed by atoms with Crippen molar-refractivity contribution in [3.05, 3.63) is 34.5 Å². The van der Waals surface area contributed by atoms with Gasteiger partial charge in [0, 0.05) is 5.38 Å². The highest BCUT2D eigenvalue weighted by Crippen LogP contribution is 2.27. The van der Waals surface area contributed by atoms with Gasteiger partial charge in [0.05, 0.1) is 18.3 Å². The number of fused-ring (bicyclic) bond motifs is 1. The van der Waals surface area contributed by atoms with Gasteiger partial charge in [0.2, 0.25) is 5.95 Å². The number of hydrogen-bond acceptors (Lipinski definition) is 4. The molecule has 3 aromatic rings. The van der Waals surface area contributed by atoms with Gasteiger partial charge in [0.15, 0.2) is 0 Å². The number of hydrogen-bond donors (Lipinski definition) is 2. The minimum Gasteiger partial charge on any atom is -0.494 e. The molecule has 0 fully saturated rings. The van der Waals surface area contributed by atoms with Gasteiger partial charge in [-0.05, 0) is 30.0 Å². The molecule has 0 saturated heterocycles. The van der Waals surface area contributed by atoms with Crippen LogP contribution in [0, 0.1) is 6.92 Å². The van der Waals surface area contributed by atoms with Crippen LogP contribution in [0.15, 0.2) is 29.0 Å². The Morgan fingerprint density at radius 3 is 2.94 bits per heavy atom. The molecule has 0 aliphatic carbocycles. The molecule has 0 radical (unpaired) electrons. The number of thiophene rings is 1. The fourth-order valence-corrected chi connectivity index (χ4v) is 2.63. The topological polar surface area (TPSA) is 49.9 Å². The number of H-pyrrole nitrogens is 1. The van der Waals surface area contributed by atoms with E-state index < -0.39 is 0 Å². The van der Waals surface area contributed by atoms with E-state index in [1.807, 2.05) is 18.2 Å². The summed E-state index contributed by atoms with van der Waals surface area (Å²) in [5.74, 6) is 1.51. The number of anilines is 2. The Bertz CT molecular complexity index is 686. The Hall–Kier alpha value is -2.01. The smallest absolute Gasteiger partial charge is 0.205 e. The van der Waals surface area contributed by atoms with Crippen LogP contribution < -0.4 is 10.1 Å². The third kappa shape index (κ3) is 1.82. The number of ether oxygens (including phenoxy) is 1. The number of nitrogens with one attached hydrogen (secondary N) is 2. The van der Waals surface area contributed by atoms with E-state index in [2.05, 4.69) is 33.0 Å². The van der Waals surface area contributed by atoms with Crippen LogP contribution >= 0.6 is 11.3 Å². The Labute approximate surface area is 109 Å². The van der Waals surface area contributed by atoms with Crippen molar-refractivity contribution in [3.8, 4) is 5.75 Å². The maximum Gasteiger partial charge on any atom is 0.205 e. The van der Waals surface area contributed by atoms with Crippen LogP contribution in [0.2, 0.25) is 0 Å². The molecule has 18 heavy (non-hydrogen) atoms. The fraction of sp³-hybridized carbons (Fsp3) is 0.154. The Morgan fingerprint density at radius 1 is 1.33 bits per heavy atom. The minimum atomic E-state index is 0.732. The number of aryl methyl sites for hydroxylation is 1. The molecule has 2 aromatic heterocycles. The molecule has 0 unspecified atom stereocenters. The maximum absolute atomic E-state index is 5.29. The number of benzene rings is 1. The molecular formula is C13H13N3OS. The molecule has 0 atom stereocenters. The molecule has 0 spiro atoms. The molecule has 92 valence electrons. The first kappa shape index (κ1) is 11.1. The van der Waals surface area contributed by atoms with Crippen molar-refractivity contribution in [2.75, 3.05) is 12.4 Å². The molecule has 2 N–H and O–H groups in total. The Kier molecular flexibility index (Phi) is 2.68. The highest BCUT2D eigenvalue weighted by molar-refractivity contribution is 7.08. The lowest BCUT2D eigenvalue weighted by Crippen LogP contribution is -1.91. The molecule has 2 heterocycles. The fourth-order valence-electron chi connectivity index (χ4n) is 1.85. The number of methoxy groups -OCH3 is 1. The summed E-state index contributed by atoms with van der Waals surface area (Å²) in [6, 6.07) is 5.83.